The first kappa shape index (κ1) is 9.17. The Balaban J connectivity index is 2.93. The lowest BCUT2D eigenvalue weighted by Gasteiger charge is -2.25. The zero-order chi connectivity index (χ0) is 9.30. The molecule has 0 unspecified atom stereocenters. The topological polar surface area (TPSA) is 34.1 Å². The predicted octanol–water partition coefficient (Wildman–Crippen LogP) is 1.75. The fourth-order valence-corrected chi connectivity index (χ4v) is 2.01. The molecule has 0 heterocycles. The van der Waals surface area contributed by atoms with Gasteiger partial charge in [0.15, 0.2) is 5.78 Å². The molecule has 1 aliphatic rings. The molecule has 0 radical (unpaired) electrons. The minimum absolute atomic E-state index is 0.0253. The summed E-state index contributed by atoms with van der Waals surface area (Å²) in [4.78, 5) is 22.2. The van der Waals surface area contributed by atoms with Crippen LogP contribution >= 0.6 is 0 Å². The fourth-order valence-electron chi connectivity index (χ4n) is 2.01. The lowest BCUT2D eigenvalue weighted by Crippen LogP contribution is -2.27. The molecule has 2 nitrogen and oxygen atoms in total. The number of allylic oxidation sites excluding steroid dienone is 2. The number of carbonyl (C=O) groups excluding carboxylic acids is 2. The summed E-state index contributed by atoms with van der Waals surface area (Å²) in [6.45, 7) is 5.41. The van der Waals surface area contributed by atoms with Crippen LogP contribution < -0.4 is 0 Å². The lowest BCUT2D eigenvalue weighted by molar-refractivity contribution is -0.122. The summed E-state index contributed by atoms with van der Waals surface area (Å²) in [5.41, 5.74) is 0.922. The van der Waals surface area contributed by atoms with E-state index in [1.54, 1.807) is 13.0 Å². The summed E-state index contributed by atoms with van der Waals surface area (Å²) in [6, 6.07) is 0. The van der Waals surface area contributed by atoms with Crippen molar-refractivity contribution in [2.24, 2.45) is 11.8 Å². The minimum atomic E-state index is -0.0253. The summed E-state index contributed by atoms with van der Waals surface area (Å²) in [5, 5.41) is 0. The van der Waals surface area contributed by atoms with E-state index in [1.165, 1.54) is 0 Å². The second-order valence-corrected chi connectivity index (χ2v) is 3.62. The van der Waals surface area contributed by atoms with Crippen LogP contribution in [0.3, 0.4) is 0 Å². The van der Waals surface area contributed by atoms with Gasteiger partial charge in [0.2, 0.25) is 0 Å². The third-order valence-corrected chi connectivity index (χ3v) is 2.41. The molecule has 66 valence electrons. The van der Waals surface area contributed by atoms with Crippen molar-refractivity contribution in [3.8, 4) is 0 Å². The van der Waals surface area contributed by atoms with E-state index >= 15 is 0 Å². The van der Waals surface area contributed by atoms with Gasteiger partial charge in [-0.3, -0.25) is 9.59 Å². The number of hydrogen-bond donors (Lipinski definition) is 0. The molecule has 0 N–H and O–H groups in total. The largest absolute Gasteiger partial charge is 0.299 e. The van der Waals surface area contributed by atoms with Gasteiger partial charge in [0.05, 0.1) is 0 Å². The highest BCUT2D eigenvalue weighted by molar-refractivity contribution is 5.94. The van der Waals surface area contributed by atoms with E-state index in [0.29, 0.717) is 6.42 Å². The minimum Gasteiger partial charge on any atom is -0.299 e. The smallest absolute Gasteiger partial charge is 0.155 e. The molecule has 0 spiro atoms. The molecule has 0 amide bonds. The van der Waals surface area contributed by atoms with Crippen LogP contribution in [0.2, 0.25) is 0 Å². The average Bonchev–Trinajstić information content (AvgIpc) is 1.82. The Bertz CT molecular complexity index is 251. The molecule has 0 aromatic rings. The summed E-state index contributed by atoms with van der Waals surface area (Å²) in [6.07, 6.45) is 2.12. The molecule has 0 saturated carbocycles. The van der Waals surface area contributed by atoms with Gasteiger partial charge in [-0.1, -0.05) is 12.5 Å². The van der Waals surface area contributed by atoms with Gasteiger partial charge in [-0.15, -0.1) is 0 Å². The van der Waals surface area contributed by atoms with Crippen LogP contribution in [0.25, 0.3) is 0 Å². The molecule has 0 aromatic heterocycles. The third-order valence-electron chi connectivity index (χ3n) is 2.41. The monoisotopic (exact) mass is 166 g/mol. The number of hydrogen-bond acceptors (Lipinski definition) is 2. The Hall–Kier alpha value is -0.920. The van der Waals surface area contributed by atoms with Crippen LogP contribution in [0.4, 0.5) is 0 Å². The third kappa shape index (κ3) is 1.63. The SMILES string of the molecule is CC(=O)[C@H]1C(C)=CC(=O)C[C@H]1C. The first-order chi connectivity index (χ1) is 5.52. The van der Waals surface area contributed by atoms with E-state index in [2.05, 4.69) is 0 Å². The van der Waals surface area contributed by atoms with E-state index in [9.17, 15) is 9.59 Å². The van der Waals surface area contributed by atoms with Crippen molar-refractivity contribution in [3.63, 3.8) is 0 Å². The van der Waals surface area contributed by atoms with E-state index in [4.69, 9.17) is 0 Å². The average molecular weight is 166 g/mol. The normalized spacial score (nSPS) is 29.9. The van der Waals surface area contributed by atoms with Crippen LogP contribution in [-0.2, 0) is 9.59 Å². The van der Waals surface area contributed by atoms with Gasteiger partial charge in [-0.25, -0.2) is 0 Å². The van der Waals surface area contributed by atoms with Gasteiger partial charge in [0.1, 0.15) is 5.78 Å². The van der Waals surface area contributed by atoms with Crippen molar-refractivity contribution in [1.29, 1.82) is 0 Å². The number of ketones is 2. The van der Waals surface area contributed by atoms with E-state index < -0.39 is 0 Å². The maximum absolute atomic E-state index is 11.2. The summed E-state index contributed by atoms with van der Waals surface area (Å²) in [5.74, 6) is 0.476. The van der Waals surface area contributed by atoms with Gasteiger partial charge >= 0.3 is 0 Å². The quantitative estimate of drug-likeness (QED) is 0.594. The van der Waals surface area contributed by atoms with Gasteiger partial charge in [-0.2, -0.15) is 0 Å². The van der Waals surface area contributed by atoms with Crippen LogP contribution in [0.1, 0.15) is 27.2 Å². The molecule has 2 heteroatoms. The van der Waals surface area contributed by atoms with Crippen molar-refractivity contribution in [3.05, 3.63) is 11.6 Å². The van der Waals surface area contributed by atoms with Crippen LogP contribution in [0.5, 0.6) is 0 Å². The molecular formula is C10H14O2. The lowest BCUT2D eigenvalue weighted by atomic mass is 9.77. The van der Waals surface area contributed by atoms with E-state index in [1.807, 2.05) is 13.8 Å². The molecule has 1 rings (SSSR count). The van der Waals surface area contributed by atoms with E-state index in [0.717, 1.165) is 5.57 Å². The fraction of sp³-hybridized carbons (Fsp3) is 0.600. The van der Waals surface area contributed by atoms with Crippen molar-refractivity contribution in [1.82, 2.24) is 0 Å². The Morgan fingerprint density at radius 2 is 2.17 bits per heavy atom. The Labute approximate surface area is 72.7 Å². The maximum Gasteiger partial charge on any atom is 0.155 e. The molecule has 0 aliphatic heterocycles. The highest BCUT2D eigenvalue weighted by atomic mass is 16.1. The highest BCUT2D eigenvalue weighted by Gasteiger charge is 2.28. The Kier molecular flexibility index (Phi) is 2.46. The molecule has 0 bridgehead atoms. The summed E-state index contributed by atoms with van der Waals surface area (Å²) < 4.78 is 0. The molecular weight excluding hydrogens is 152 g/mol. The van der Waals surface area contributed by atoms with Gasteiger partial charge in [0.25, 0.3) is 0 Å². The van der Waals surface area contributed by atoms with Gasteiger partial charge < -0.3 is 0 Å². The maximum atomic E-state index is 11.2. The molecule has 0 fully saturated rings. The molecule has 0 aromatic carbocycles. The van der Waals surface area contributed by atoms with E-state index in [-0.39, 0.29) is 23.4 Å². The number of carbonyl (C=O) groups is 2. The first-order valence-electron chi connectivity index (χ1n) is 4.24. The van der Waals surface area contributed by atoms with Crippen LogP contribution in [0.15, 0.2) is 11.6 Å². The molecule has 1 aliphatic carbocycles. The summed E-state index contributed by atoms with van der Waals surface area (Å²) in [7, 11) is 0. The van der Waals surface area contributed by atoms with Crippen LogP contribution in [-0.4, -0.2) is 11.6 Å². The zero-order valence-corrected chi connectivity index (χ0v) is 7.76. The Morgan fingerprint density at radius 3 is 2.58 bits per heavy atom. The predicted molar refractivity (Wildman–Crippen MR) is 46.7 cm³/mol. The second-order valence-electron chi connectivity index (χ2n) is 3.62. The van der Waals surface area contributed by atoms with Crippen LogP contribution in [0, 0.1) is 11.8 Å². The second kappa shape index (κ2) is 3.21. The van der Waals surface area contributed by atoms with Crippen molar-refractivity contribution in [2.45, 2.75) is 27.2 Å². The van der Waals surface area contributed by atoms with Gasteiger partial charge in [-0.05, 0) is 25.8 Å². The zero-order valence-electron chi connectivity index (χ0n) is 7.76. The van der Waals surface area contributed by atoms with Crippen molar-refractivity contribution >= 4 is 11.6 Å². The molecule has 2 atom stereocenters. The summed E-state index contributed by atoms with van der Waals surface area (Å²) >= 11 is 0. The highest BCUT2D eigenvalue weighted by Crippen LogP contribution is 2.28. The van der Waals surface area contributed by atoms with Gasteiger partial charge in [0, 0.05) is 12.3 Å². The number of rotatable bonds is 1. The number of Topliss-reactive ketones (excluding diaryl/α,β-unsaturated/α-hetero) is 1. The first-order valence-corrected chi connectivity index (χ1v) is 4.24. The van der Waals surface area contributed by atoms with Crippen molar-refractivity contribution < 1.29 is 9.59 Å². The standard InChI is InChI=1S/C10H14O2/c1-6-4-9(12)5-7(2)10(6)8(3)11/h4,7,10H,5H2,1-3H3/t7-,10+/m1/s1. The van der Waals surface area contributed by atoms with Crippen molar-refractivity contribution in [2.75, 3.05) is 0 Å². The Morgan fingerprint density at radius 1 is 1.58 bits per heavy atom. The molecule has 0 saturated heterocycles. The molecule has 12 heavy (non-hydrogen) atoms.